The van der Waals surface area contributed by atoms with Gasteiger partial charge in [-0.3, -0.25) is 9.69 Å². The number of hydrogen-bond donors (Lipinski definition) is 3. The molecule has 1 aromatic rings. The third-order valence-corrected chi connectivity index (χ3v) is 2.31. The van der Waals surface area contributed by atoms with Crippen LogP contribution in [-0.4, -0.2) is 28.8 Å². The van der Waals surface area contributed by atoms with Gasteiger partial charge in [-0.1, -0.05) is 6.92 Å². The highest BCUT2D eigenvalue weighted by Crippen LogP contribution is 2.19. The molecule has 92 valence electrons. The Kier molecular flexibility index (Phi) is 3.92. The van der Waals surface area contributed by atoms with E-state index in [0.29, 0.717) is 5.69 Å². The molecule has 0 saturated carbocycles. The fourth-order valence-electron chi connectivity index (χ4n) is 1.31. The highest BCUT2D eigenvalue weighted by molar-refractivity contribution is 5.91. The second-order valence-corrected chi connectivity index (χ2v) is 3.70. The Hall–Kier alpha value is -2.24. The third-order valence-electron chi connectivity index (χ3n) is 2.31. The molecule has 0 fully saturated rings. The van der Waals surface area contributed by atoms with Crippen LogP contribution in [0.4, 0.5) is 10.5 Å². The summed E-state index contributed by atoms with van der Waals surface area (Å²) < 4.78 is 0. The number of anilines is 1. The maximum Gasteiger partial charge on any atom is 0.319 e. The number of nitrogens with zero attached hydrogens (tertiary/aromatic N) is 1. The van der Waals surface area contributed by atoms with Gasteiger partial charge in [0.1, 0.15) is 5.75 Å². The van der Waals surface area contributed by atoms with Crippen LogP contribution in [0.1, 0.15) is 6.92 Å². The van der Waals surface area contributed by atoms with Crippen LogP contribution < -0.4 is 10.6 Å². The highest BCUT2D eigenvalue weighted by atomic mass is 16.4. The van der Waals surface area contributed by atoms with Gasteiger partial charge in [-0.2, -0.15) is 0 Å². The number of phenolic OH excluding ortho intramolecular Hbond substituents is 1. The van der Waals surface area contributed by atoms with Gasteiger partial charge in [0.2, 0.25) is 0 Å². The van der Waals surface area contributed by atoms with E-state index in [1.165, 1.54) is 31.2 Å². The lowest BCUT2D eigenvalue weighted by atomic mass is 10.1. The number of rotatable bonds is 4. The van der Waals surface area contributed by atoms with Crippen molar-refractivity contribution in [3.63, 3.8) is 0 Å². The summed E-state index contributed by atoms with van der Waals surface area (Å²) >= 11 is 0. The Bertz CT molecular complexity index is 416. The molecular weight excluding hydrogens is 224 g/mol. The summed E-state index contributed by atoms with van der Waals surface area (Å²) in [7, 11) is 0. The third kappa shape index (κ3) is 3.37. The number of carboxylic acid groups (broad SMARTS) is 1. The molecule has 0 aliphatic carbocycles. The Morgan fingerprint density at radius 2 is 1.88 bits per heavy atom. The van der Waals surface area contributed by atoms with E-state index in [1.807, 2.05) is 0 Å². The van der Waals surface area contributed by atoms with Crippen LogP contribution in [0, 0.1) is 5.92 Å². The number of carbonyl (C=O) groups is 2. The minimum atomic E-state index is -1.00. The van der Waals surface area contributed by atoms with Crippen LogP contribution in [0.3, 0.4) is 0 Å². The smallest absolute Gasteiger partial charge is 0.319 e. The number of urea groups is 1. The first-order valence-electron chi connectivity index (χ1n) is 5.00. The summed E-state index contributed by atoms with van der Waals surface area (Å²) in [5, 5.41) is 17.9. The van der Waals surface area contributed by atoms with Crippen LogP contribution in [0.15, 0.2) is 24.3 Å². The number of aliphatic carboxylic acids is 1. The summed E-state index contributed by atoms with van der Waals surface area (Å²) in [6.45, 7) is 1.47. The molecule has 0 spiro atoms. The number of phenols is 1. The van der Waals surface area contributed by atoms with Crippen molar-refractivity contribution in [2.45, 2.75) is 6.92 Å². The Morgan fingerprint density at radius 3 is 2.29 bits per heavy atom. The van der Waals surface area contributed by atoms with Crippen molar-refractivity contribution in [3.05, 3.63) is 24.3 Å². The lowest BCUT2D eigenvalue weighted by molar-refractivity contribution is -0.140. The predicted molar refractivity (Wildman–Crippen MR) is 61.8 cm³/mol. The van der Waals surface area contributed by atoms with Crippen molar-refractivity contribution in [1.82, 2.24) is 0 Å². The van der Waals surface area contributed by atoms with Crippen LogP contribution in [0.25, 0.3) is 0 Å². The molecule has 1 aromatic carbocycles. The second-order valence-electron chi connectivity index (χ2n) is 3.70. The number of carbonyl (C=O) groups excluding carboxylic acids is 1. The molecule has 1 rings (SSSR count). The fourth-order valence-corrected chi connectivity index (χ4v) is 1.31. The standard InChI is InChI=1S/C11H14N2O4/c1-7(10(15)16)6-13(11(12)17)8-2-4-9(14)5-3-8/h2-5,7,14H,6H2,1H3,(H2,12,17)(H,15,16). The molecule has 2 amide bonds. The van der Waals surface area contributed by atoms with Gasteiger partial charge in [-0.25, -0.2) is 4.79 Å². The van der Waals surface area contributed by atoms with Gasteiger partial charge in [0.25, 0.3) is 0 Å². The summed E-state index contributed by atoms with van der Waals surface area (Å²) in [5.41, 5.74) is 5.63. The molecule has 6 nitrogen and oxygen atoms in total. The van der Waals surface area contributed by atoms with E-state index in [-0.39, 0.29) is 12.3 Å². The van der Waals surface area contributed by atoms with E-state index < -0.39 is 17.9 Å². The van der Waals surface area contributed by atoms with Gasteiger partial charge in [0.05, 0.1) is 5.92 Å². The van der Waals surface area contributed by atoms with Gasteiger partial charge in [-0.15, -0.1) is 0 Å². The van der Waals surface area contributed by atoms with Crippen LogP contribution in [0.5, 0.6) is 5.75 Å². The second kappa shape index (κ2) is 5.20. The molecule has 0 aromatic heterocycles. The van der Waals surface area contributed by atoms with Crippen molar-refractivity contribution in [2.75, 3.05) is 11.4 Å². The number of hydrogen-bond acceptors (Lipinski definition) is 3. The summed E-state index contributed by atoms with van der Waals surface area (Å²) in [6.07, 6.45) is 0. The van der Waals surface area contributed by atoms with Crippen LogP contribution in [0.2, 0.25) is 0 Å². The number of amides is 2. The molecule has 0 aliphatic rings. The highest BCUT2D eigenvalue weighted by Gasteiger charge is 2.20. The number of carboxylic acids is 1. The molecule has 0 bridgehead atoms. The summed E-state index contributed by atoms with van der Waals surface area (Å²) in [5.74, 6) is -1.67. The van der Waals surface area contributed by atoms with Crippen molar-refractivity contribution < 1.29 is 19.8 Å². The minimum Gasteiger partial charge on any atom is -0.508 e. The van der Waals surface area contributed by atoms with Gasteiger partial charge < -0.3 is 15.9 Å². The molecule has 0 heterocycles. The summed E-state index contributed by atoms with van der Waals surface area (Å²) in [4.78, 5) is 23.1. The van der Waals surface area contributed by atoms with Gasteiger partial charge in [0, 0.05) is 12.2 Å². The molecule has 6 heteroatoms. The molecule has 1 unspecified atom stereocenters. The van der Waals surface area contributed by atoms with E-state index in [9.17, 15) is 9.59 Å². The first kappa shape index (κ1) is 12.8. The molecular formula is C11H14N2O4. The predicted octanol–water partition coefficient (Wildman–Crippen LogP) is 0.998. The van der Waals surface area contributed by atoms with E-state index in [0.717, 1.165) is 4.90 Å². The number of nitrogens with two attached hydrogens (primary N) is 1. The first-order valence-corrected chi connectivity index (χ1v) is 5.00. The topological polar surface area (TPSA) is 104 Å². The van der Waals surface area contributed by atoms with Gasteiger partial charge >= 0.3 is 12.0 Å². The maximum absolute atomic E-state index is 11.2. The van der Waals surface area contributed by atoms with E-state index in [4.69, 9.17) is 15.9 Å². The summed E-state index contributed by atoms with van der Waals surface area (Å²) in [6, 6.07) is 5.06. The molecule has 0 aliphatic heterocycles. The van der Waals surface area contributed by atoms with Gasteiger partial charge in [-0.05, 0) is 24.3 Å². The zero-order valence-electron chi connectivity index (χ0n) is 9.33. The quantitative estimate of drug-likeness (QED) is 0.727. The Balaban J connectivity index is 2.90. The van der Waals surface area contributed by atoms with Crippen molar-refractivity contribution >= 4 is 17.7 Å². The van der Waals surface area contributed by atoms with Crippen molar-refractivity contribution in [2.24, 2.45) is 11.7 Å². The molecule has 17 heavy (non-hydrogen) atoms. The average Bonchev–Trinajstić information content (AvgIpc) is 2.26. The number of benzene rings is 1. The zero-order chi connectivity index (χ0) is 13.0. The van der Waals surface area contributed by atoms with E-state index in [1.54, 1.807) is 0 Å². The number of primary amides is 1. The fraction of sp³-hybridized carbons (Fsp3) is 0.273. The van der Waals surface area contributed by atoms with Crippen molar-refractivity contribution in [3.8, 4) is 5.75 Å². The molecule has 4 N–H and O–H groups in total. The van der Waals surface area contributed by atoms with E-state index >= 15 is 0 Å². The normalized spacial score (nSPS) is 11.8. The molecule has 0 radical (unpaired) electrons. The van der Waals surface area contributed by atoms with Crippen molar-refractivity contribution in [1.29, 1.82) is 0 Å². The van der Waals surface area contributed by atoms with Crippen LogP contribution in [-0.2, 0) is 4.79 Å². The van der Waals surface area contributed by atoms with Gasteiger partial charge in [0.15, 0.2) is 0 Å². The lowest BCUT2D eigenvalue weighted by Crippen LogP contribution is -2.40. The maximum atomic E-state index is 11.2. The minimum absolute atomic E-state index is 0.0184. The van der Waals surface area contributed by atoms with Crippen LogP contribution >= 0.6 is 0 Å². The molecule has 1 atom stereocenters. The molecule has 0 saturated heterocycles. The average molecular weight is 238 g/mol. The zero-order valence-corrected chi connectivity index (χ0v) is 9.33. The lowest BCUT2D eigenvalue weighted by Gasteiger charge is -2.22. The monoisotopic (exact) mass is 238 g/mol. The van der Waals surface area contributed by atoms with E-state index in [2.05, 4.69) is 0 Å². The first-order chi connectivity index (χ1) is 7.91. The number of aromatic hydroxyl groups is 1. The Labute approximate surface area is 98.3 Å². The largest absolute Gasteiger partial charge is 0.508 e. The Morgan fingerprint density at radius 1 is 1.35 bits per heavy atom. The SMILES string of the molecule is CC(CN(C(N)=O)c1ccc(O)cc1)C(=O)O.